The first kappa shape index (κ1) is 20.8. The number of para-hydroxylation sites is 1. The highest BCUT2D eigenvalue weighted by molar-refractivity contribution is 5.97. The summed E-state index contributed by atoms with van der Waals surface area (Å²) >= 11 is 0. The molecule has 7 heteroatoms. The maximum atomic E-state index is 12.8. The molecule has 1 heterocycles. The number of nitrogens with zero attached hydrogens (tertiary/aromatic N) is 1. The second kappa shape index (κ2) is 9.03. The van der Waals surface area contributed by atoms with Crippen LogP contribution in [0.1, 0.15) is 34.3 Å². The van der Waals surface area contributed by atoms with Gasteiger partial charge in [0, 0.05) is 18.7 Å². The summed E-state index contributed by atoms with van der Waals surface area (Å²) in [6.07, 6.45) is 1.32. The van der Waals surface area contributed by atoms with Crippen LogP contribution in [-0.2, 0) is 4.79 Å². The van der Waals surface area contributed by atoms with E-state index in [1.165, 1.54) is 6.07 Å². The molecule has 1 aliphatic rings. The molecule has 0 radical (unpaired) electrons. The lowest BCUT2D eigenvalue weighted by atomic mass is 9.96. The fourth-order valence-electron chi connectivity index (χ4n) is 3.47. The third-order valence-electron chi connectivity index (χ3n) is 5.08. The molecule has 1 unspecified atom stereocenters. The average molecular weight is 402 g/mol. The summed E-state index contributed by atoms with van der Waals surface area (Å²) in [4.78, 5) is 27.2. The van der Waals surface area contributed by atoms with Gasteiger partial charge in [-0.05, 0) is 50.5 Å². The number of anilines is 1. The van der Waals surface area contributed by atoms with Crippen molar-refractivity contribution in [1.82, 2.24) is 4.90 Å². The number of hydrogen-bond donors (Lipinski definition) is 1. The molecule has 2 aromatic carbocycles. The van der Waals surface area contributed by atoms with E-state index in [0.29, 0.717) is 30.5 Å². The standard InChI is InChI=1S/C22H24F2N2O3/c1-14-8-10-16(11-9-14)21(28)26-12-4-6-17(13-26)20(27)25-19-15(2)5-3-7-18(19)29-22(23)24/h3,5,7-11,17,22H,4,6,12-13H2,1-2H3,(H,25,27). The fraction of sp³-hybridized carbons (Fsp3) is 0.364. The molecule has 5 nitrogen and oxygen atoms in total. The highest BCUT2D eigenvalue weighted by atomic mass is 19.3. The molecule has 29 heavy (non-hydrogen) atoms. The second-order valence-electron chi connectivity index (χ2n) is 7.27. The molecule has 2 aromatic rings. The second-order valence-corrected chi connectivity index (χ2v) is 7.27. The molecular weight excluding hydrogens is 378 g/mol. The van der Waals surface area contributed by atoms with E-state index in [1.54, 1.807) is 36.1 Å². The summed E-state index contributed by atoms with van der Waals surface area (Å²) in [5, 5.41) is 2.73. The number of benzene rings is 2. The van der Waals surface area contributed by atoms with Crippen molar-refractivity contribution in [2.45, 2.75) is 33.3 Å². The maximum absolute atomic E-state index is 12.8. The number of nitrogens with one attached hydrogen (secondary N) is 1. The van der Waals surface area contributed by atoms with E-state index in [1.807, 2.05) is 19.1 Å². The lowest BCUT2D eigenvalue weighted by molar-refractivity contribution is -0.121. The van der Waals surface area contributed by atoms with Crippen molar-refractivity contribution in [2.24, 2.45) is 5.92 Å². The number of hydrogen-bond acceptors (Lipinski definition) is 3. The molecule has 0 spiro atoms. The van der Waals surface area contributed by atoms with Gasteiger partial charge in [-0.3, -0.25) is 9.59 Å². The Kier molecular flexibility index (Phi) is 6.46. The van der Waals surface area contributed by atoms with Gasteiger partial charge in [-0.15, -0.1) is 0 Å². The number of carbonyl (C=O) groups is 2. The first-order valence-corrected chi connectivity index (χ1v) is 9.56. The van der Waals surface area contributed by atoms with Gasteiger partial charge in [0.15, 0.2) is 0 Å². The minimum atomic E-state index is -2.98. The van der Waals surface area contributed by atoms with Crippen molar-refractivity contribution in [3.8, 4) is 5.75 Å². The fourth-order valence-corrected chi connectivity index (χ4v) is 3.47. The minimum Gasteiger partial charge on any atom is -0.433 e. The van der Waals surface area contributed by atoms with Crippen LogP contribution < -0.4 is 10.1 Å². The van der Waals surface area contributed by atoms with Crippen LogP contribution in [0, 0.1) is 19.8 Å². The number of carbonyl (C=O) groups excluding carboxylic acids is 2. The highest BCUT2D eigenvalue weighted by Crippen LogP contribution is 2.31. The predicted octanol–water partition coefficient (Wildman–Crippen LogP) is 4.40. The molecule has 2 amide bonds. The van der Waals surface area contributed by atoms with Crippen LogP contribution in [0.2, 0.25) is 0 Å². The number of piperidine rings is 1. The van der Waals surface area contributed by atoms with E-state index in [-0.39, 0.29) is 29.8 Å². The van der Waals surface area contributed by atoms with Crippen LogP contribution >= 0.6 is 0 Å². The van der Waals surface area contributed by atoms with E-state index in [0.717, 1.165) is 5.56 Å². The molecule has 1 atom stereocenters. The van der Waals surface area contributed by atoms with Crippen LogP contribution in [-0.4, -0.2) is 36.4 Å². The van der Waals surface area contributed by atoms with E-state index >= 15 is 0 Å². The summed E-state index contributed by atoms with van der Waals surface area (Å²) in [7, 11) is 0. The van der Waals surface area contributed by atoms with Crippen LogP contribution in [0.4, 0.5) is 14.5 Å². The summed E-state index contributed by atoms with van der Waals surface area (Å²) in [6.45, 7) is 1.55. The van der Waals surface area contributed by atoms with E-state index in [4.69, 9.17) is 0 Å². The molecule has 154 valence electrons. The van der Waals surface area contributed by atoms with Crippen molar-refractivity contribution >= 4 is 17.5 Å². The number of halogens is 2. The monoisotopic (exact) mass is 402 g/mol. The Balaban J connectivity index is 1.70. The molecule has 0 aliphatic carbocycles. The summed E-state index contributed by atoms with van der Waals surface area (Å²) < 4.78 is 29.9. The molecular formula is C22H24F2N2O3. The zero-order valence-electron chi connectivity index (χ0n) is 16.5. The SMILES string of the molecule is Cc1ccc(C(=O)N2CCCC(C(=O)Nc3c(C)cccc3OC(F)F)C2)cc1. The number of rotatable bonds is 5. The van der Waals surface area contributed by atoms with Gasteiger partial charge in [-0.2, -0.15) is 8.78 Å². The molecule has 1 saturated heterocycles. The zero-order chi connectivity index (χ0) is 21.0. The van der Waals surface area contributed by atoms with E-state index < -0.39 is 12.5 Å². The number of amides is 2. The Morgan fingerprint density at radius 2 is 1.86 bits per heavy atom. The van der Waals surface area contributed by atoms with Crippen molar-refractivity contribution < 1.29 is 23.1 Å². The minimum absolute atomic E-state index is 0.0725. The van der Waals surface area contributed by atoms with Crippen molar-refractivity contribution in [3.05, 3.63) is 59.2 Å². The number of ether oxygens (including phenoxy) is 1. The third-order valence-corrected chi connectivity index (χ3v) is 5.08. The van der Waals surface area contributed by atoms with Crippen LogP contribution in [0.5, 0.6) is 5.75 Å². The lowest BCUT2D eigenvalue weighted by Gasteiger charge is -2.32. The summed E-state index contributed by atoms with van der Waals surface area (Å²) in [5.41, 5.74) is 2.51. The van der Waals surface area contributed by atoms with E-state index in [2.05, 4.69) is 10.1 Å². The first-order valence-electron chi connectivity index (χ1n) is 9.56. The molecule has 1 fully saturated rings. The first-order chi connectivity index (χ1) is 13.8. The van der Waals surface area contributed by atoms with Crippen LogP contribution in [0.25, 0.3) is 0 Å². The number of alkyl halides is 2. The van der Waals surface area contributed by atoms with Crippen molar-refractivity contribution in [1.29, 1.82) is 0 Å². The number of aryl methyl sites for hydroxylation is 2. The van der Waals surface area contributed by atoms with Crippen molar-refractivity contribution in [3.63, 3.8) is 0 Å². The smallest absolute Gasteiger partial charge is 0.387 e. The van der Waals surface area contributed by atoms with Gasteiger partial charge in [-0.25, -0.2) is 0 Å². The molecule has 0 aromatic heterocycles. The molecule has 1 aliphatic heterocycles. The third kappa shape index (κ3) is 5.10. The summed E-state index contributed by atoms with van der Waals surface area (Å²) in [5.74, 6) is -0.908. The van der Waals surface area contributed by atoms with Gasteiger partial charge in [0.2, 0.25) is 5.91 Å². The maximum Gasteiger partial charge on any atom is 0.387 e. The highest BCUT2D eigenvalue weighted by Gasteiger charge is 2.29. The summed E-state index contributed by atoms with van der Waals surface area (Å²) in [6, 6.07) is 12.0. The van der Waals surface area contributed by atoms with Gasteiger partial charge in [0.05, 0.1) is 11.6 Å². The molecule has 3 rings (SSSR count). The Labute approximate surface area is 168 Å². The van der Waals surface area contributed by atoms with E-state index in [9.17, 15) is 18.4 Å². The van der Waals surface area contributed by atoms with Gasteiger partial charge in [0.1, 0.15) is 5.75 Å². The molecule has 0 saturated carbocycles. The predicted molar refractivity (Wildman–Crippen MR) is 106 cm³/mol. The molecule has 1 N–H and O–H groups in total. The normalized spacial score (nSPS) is 16.6. The van der Waals surface area contributed by atoms with Gasteiger partial charge >= 0.3 is 6.61 Å². The quantitative estimate of drug-likeness (QED) is 0.807. The van der Waals surface area contributed by atoms with Crippen LogP contribution in [0.15, 0.2) is 42.5 Å². The largest absolute Gasteiger partial charge is 0.433 e. The Morgan fingerprint density at radius 3 is 2.55 bits per heavy atom. The van der Waals surface area contributed by atoms with Gasteiger partial charge in [-0.1, -0.05) is 29.8 Å². The lowest BCUT2D eigenvalue weighted by Crippen LogP contribution is -2.43. The Morgan fingerprint density at radius 1 is 1.14 bits per heavy atom. The Hall–Kier alpha value is -2.96. The van der Waals surface area contributed by atoms with Crippen molar-refractivity contribution in [2.75, 3.05) is 18.4 Å². The average Bonchev–Trinajstić information content (AvgIpc) is 2.70. The zero-order valence-corrected chi connectivity index (χ0v) is 16.5. The topological polar surface area (TPSA) is 58.6 Å². The number of likely N-dealkylation sites (tertiary alicyclic amines) is 1. The van der Waals surface area contributed by atoms with Crippen LogP contribution in [0.3, 0.4) is 0 Å². The van der Waals surface area contributed by atoms with Gasteiger partial charge < -0.3 is 15.0 Å². The molecule has 0 bridgehead atoms. The Bertz CT molecular complexity index is 884. The van der Waals surface area contributed by atoms with Gasteiger partial charge in [0.25, 0.3) is 5.91 Å².